The van der Waals surface area contributed by atoms with E-state index in [1.807, 2.05) is 6.08 Å². The Balaban J connectivity index is 1.02. The summed E-state index contributed by atoms with van der Waals surface area (Å²) in [6.45, 7) is 11.2. The van der Waals surface area contributed by atoms with Crippen molar-refractivity contribution in [3.63, 3.8) is 0 Å². The minimum absolute atomic E-state index is 0.185. The predicted octanol–water partition coefficient (Wildman–Crippen LogP) is 19.8. The third-order valence-corrected chi connectivity index (χ3v) is 15.7. The molecule has 0 saturated heterocycles. The van der Waals surface area contributed by atoms with E-state index in [9.17, 15) is 0 Å². The Morgan fingerprint density at radius 1 is 0.452 bits per heavy atom. The Bertz CT molecular complexity index is 4370. The van der Waals surface area contributed by atoms with Gasteiger partial charge < -0.3 is 14.2 Å². The van der Waals surface area contributed by atoms with Gasteiger partial charge in [0.15, 0.2) is 5.76 Å². The van der Waals surface area contributed by atoms with Crippen LogP contribution in [0, 0.1) is 6.92 Å². The van der Waals surface area contributed by atoms with Crippen molar-refractivity contribution >= 4 is 99.0 Å². The summed E-state index contributed by atoms with van der Waals surface area (Å²) in [6, 6.07) is 82.2. The maximum absolute atomic E-state index is 7.13. The molecule has 13 aromatic rings. The van der Waals surface area contributed by atoms with Gasteiger partial charge in [-0.3, -0.25) is 0 Å². The van der Waals surface area contributed by atoms with Gasteiger partial charge in [-0.15, -0.1) is 0 Å². The van der Waals surface area contributed by atoms with Gasteiger partial charge in [0.1, 0.15) is 5.58 Å². The van der Waals surface area contributed by atoms with Gasteiger partial charge in [-0.05, 0) is 121 Å². The molecule has 3 heteroatoms. The summed E-state index contributed by atoms with van der Waals surface area (Å²) in [7, 11) is 0. The molecule has 12 aromatic carbocycles. The topological polar surface area (TPSA) is 19.6 Å². The monoisotopic (exact) mass is 934 g/mol. The molecule has 0 saturated carbocycles. The van der Waals surface area contributed by atoms with Crippen molar-refractivity contribution < 1.29 is 4.42 Å². The lowest BCUT2D eigenvalue weighted by molar-refractivity contribution is 0.595. The standard InChI is InChI=1S/C70H50N2O/c1-5-19-63(68-44(2)53-28-18-29-55(69(53)73-68)46-22-11-7-12-23-46)71(51-25-13-8-14-26-51)61-40-36-48-35-39-57-62(41-37-49-34-38-56(61)64(48)65(49)57)72(60-31-16-15-27-54(60)45-20-9-6-10-21-45)52-42-50-33-32-47-24-17-30-58-66(47)67(50)59(43-52)70(58,3)4/h5-43H,1H2,2-4H3/b63-19+. The van der Waals surface area contributed by atoms with E-state index in [0.29, 0.717) is 0 Å². The van der Waals surface area contributed by atoms with Crippen LogP contribution in [0.4, 0.5) is 28.4 Å². The van der Waals surface area contributed by atoms with Crippen LogP contribution < -0.4 is 9.80 Å². The number of hydrogen-bond acceptors (Lipinski definition) is 3. The molecule has 346 valence electrons. The number of para-hydroxylation sites is 3. The van der Waals surface area contributed by atoms with Crippen molar-refractivity contribution in [1.82, 2.24) is 0 Å². The van der Waals surface area contributed by atoms with Gasteiger partial charge in [-0.1, -0.05) is 208 Å². The number of furan rings is 1. The fraction of sp³-hybridized carbons (Fsp3) is 0.0571. The zero-order valence-electron chi connectivity index (χ0n) is 41.0. The van der Waals surface area contributed by atoms with E-state index >= 15 is 0 Å². The number of allylic oxidation sites excluding steroid dienone is 2. The third kappa shape index (κ3) is 6.45. The molecule has 1 aliphatic carbocycles. The van der Waals surface area contributed by atoms with E-state index in [1.54, 1.807) is 0 Å². The highest BCUT2D eigenvalue weighted by Gasteiger charge is 2.35. The third-order valence-electron chi connectivity index (χ3n) is 15.7. The summed E-state index contributed by atoms with van der Waals surface area (Å²) < 4.78 is 7.13. The van der Waals surface area contributed by atoms with Gasteiger partial charge in [0, 0.05) is 49.6 Å². The van der Waals surface area contributed by atoms with Crippen LogP contribution in [0.2, 0.25) is 0 Å². The van der Waals surface area contributed by atoms with Crippen LogP contribution in [0.15, 0.2) is 248 Å². The van der Waals surface area contributed by atoms with Crippen LogP contribution >= 0.6 is 0 Å². The maximum Gasteiger partial charge on any atom is 0.155 e. The molecule has 0 unspecified atom stereocenters. The molecule has 0 radical (unpaired) electrons. The molecule has 0 bridgehead atoms. The van der Waals surface area contributed by atoms with Crippen LogP contribution in [0.1, 0.15) is 36.3 Å². The Labute approximate surface area is 425 Å². The molecular weight excluding hydrogens is 885 g/mol. The van der Waals surface area contributed by atoms with Gasteiger partial charge in [0.25, 0.3) is 0 Å². The average molecular weight is 935 g/mol. The van der Waals surface area contributed by atoms with Gasteiger partial charge in [0.05, 0.1) is 22.8 Å². The first kappa shape index (κ1) is 42.7. The van der Waals surface area contributed by atoms with Crippen LogP contribution in [0.3, 0.4) is 0 Å². The molecule has 73 heavy (non-hydrogen) atoms. The Morgan fingerprint density at radius 2 is 1.01 bits per heavy atom. The molecule has 0 spiro atoms. The molecule has 0 amide bonds. The summed E-state index contributed by atoms with van der Waals surface area (Å²) >= 11 is 0. The largest absolute Gasteiger partial charge is 0.454 e. The van der Waals surface area contributed by atoms with Crippen molar-refractivity contribution in [2.75, 3.05) is 9.80 Å². The van der Waals surface area contributed by atoms with E-state index in [0.717, 1.165) is 72.9 Å². The summed E-state index contributed by atoms with van der Waals surface area (Å²) in [5, 5.41) is 13.5. The van der Waals surface area contributed by atoms with Crippen LogP contribution in [-0.2, 0) is 5.41 Å². The van der Waals surface area contributed by atoms with E-state index in [4.69, 9.17) is 4.42 Å². The second-order valence-electron chi connectivity index (χ2n) is 20.1. The van der Waals surface area contributed by atoms with E-state index in [-0.39, 0.29) is 5.41 Å². The maximum atomic E-state index is 7.13. The SMILES string of the molecule is C=C/C=C(\c1oc2c(-c3ccccc3)cccc2c1C)N(c1ccccc1)c1ccc2ccc3c(N(c4cc5c6c(ccc7cccc(c76)C5(C)C)c4)c4ccccc4-c4ccccc4)ccc4ccc1c2c43. The molecule has 1 aliphatic rings. The number of fused-ring (bicyclic) bond motifs is 1. The van der Waals surface area contributed by atoms with Gasteiger partial charge in [-0.2, -0.15) is 0 Å². The van der Waals surface area contributed by atoms with Crippen LogP contribution in [0.25, 0.3) is 92.8 Å². The first-order valence-corrected chi connectivity index (χ1v) is 25.3. The van der Waals surface area contributed by atoms with Crippen molar-refractivity contribution in [3.05, 3.63) is 266 Å². The van der Waals surface area contributed by atoms with E-state index in [2.05, 4.69) is 268 Å². The van der Waals surface area contributed by atoms with Gasteiger partial charge in [-0.25, -0.2) is 0 Å². The highest BCUT2D eigenvalue weighted by Crippen LogP contribution is 2.54. The molecule has 0 atom stereocenters. The number of aryl methyl sites for hydroxylation is 1. The Kier molecular flexibility index (Phi) is 9.62. The fourth-order valence-electron chi connectivity index (χ4n) is 12.3. The van der Waals surface area contributed by atoms with E-state index < -0.39 is 0 Å². The highest BCUT2D eigenvalue weighted by molar-refractivity contribution is 6.28. The Hall–Kier alpha value is -9.18. The molecule has 0 N–H and O–H groups in total. The first-order chi connectivity index (χ1) is 35.9. The summed E-state index contributed by atoms with van der Waals surface area (Å²) in [5.41, 5.74) is 15.4. The van der Waals surface area contributed by atoms with E-state index in [1.165, 1.54) is 70.7 Å². The minimum atomic E-state index is -0.185. The first-order valence-electron chi connectivity index (χ1n) is 25.3. The second kappa shape index (κ2) is 16.4. The molecule has 1 aromatic heterocycles. The lowest BCUT2D eigenvalue weighted by Gasteiger charge is -2.32. The van der Waals surface area contributed by atoms with Crippen LogP contribution in [-0.4, -0.2) is 0 Å². The second-order valence-corrected chi connectivity index (χ2v) is 20.1. The summed E-state index contributed by atoms with van der Waals surface area (Å²) in [6.07, 6.45) is 3.97. The zero-order valence-corrected chi connectivity index (χ0v) is 41.0. The number of rotatable bonds is 10. The van der Waals surface area contributed by atoms with Gasteiger partial charge in [0.2, 0.25) is 0 Å². The molecule has 0 aliphatic heterocycles. The van der Waals surface area contributed by atoms with Crippen molar-refractivity contribution in [2.24, 2.45) is 0 Å². The van der Waals surface area contributed by atoms with Crippen LogP contribution in [0.5, 0.6) is 0 Å². The quantitative estimate of drug-likeness (QED) is 0.101. The highest BCUT2D eigenvalue weighted by atomic mass is 16.3. The Morgan fingerprint density at radius 3 is 1.74 bits per heavy atom. The molecule has 3 nitrogen and oxygen atoms in total. The fourth-order valence-corrected chi connectivity index (χ4v) is 12.3. The molecule has 1 heterocycles. The minimum Gasteiger partial charge on any atom is -0.454 e. The lowest BCUT2D eigenvalue weighted by atomic mass is 9.81. The molecule has 14 rings (SSSR count). The zero-order chi connectivity index (χ0) is 49.0. The number of nitrogens with zero attached hydrogens (tertiary/aromatic N) is 2. The van der Waals surface area contributed by atoms with Crippen molar-refractivity contribution in [1.29, 1.82) is 0 Å². The number of hydrogen-bond donors (Lipinski definition) is 0. The number of benzene rings is 12. The summed E-state index contributed by atoms with van der Waals surface area (Å²) in [5.74, 6) is 0.800. The molecule has 0 fully saturated rings. The summed E-state index contributed by atoms with van der Waals surface area (Å²) in [4.78, 5) is 4.89. The predicted molar refractivity (Wildman–Crippen MR) is 311 cm³/mol. The average Bonchev–Trinajstić information content (AvgIpc) is 3.91. The van der Waals surface area contributed by atoms with Crippen molar-refractivity contribution in [3.8, 4) is 22.3 Å². The lowest BCUT2D eigenvalue weighted by Crippen LogP contribution is -2.17. The van der Waals surface area contributed by atoms with Gasteiger partial charge >= 0.3 is 0 Å². The van der Waals surface area contributed by atoms with Crippen molar-refractivity contribution in [2.45, 2.75) is 26.2 Å². The molecular formula is C70H50N2O. The smallest absolute Gasteiger partial charge is 0.155 e. The number of anilines is 5. The normalized spacial score (nSPS) is 13.1.